The molecule has 2 fully saturated rings. The van der Waals surface area contributed by atoms with Gasteiger partial charge in [-0.05, 0) is 68.0 Å². The number of rotatable bonds is 6. The molecule has 3 aliphatic rings. The van der Waals surface area contributed by atoms with Gasteiger partial charge in [0, 0.05) is 31.2 Å². The summed E-state index contributed by atoms with van der Waals surface area (Å²) in [5, 5.41) is 0. The van der Waals surface area contributed by atoms with Crippen LogP contribution >= 0.6 is 0 Å². The molecule has 2 aromatic carbocycles. The highest BCUT2D eigenvalue weighted by atomic mass is 32.2. The number of amides is 1. The summed E-state index contributed by atoms with van der Waals surface area (Å²) in [6, 6.07) is 10.9. The highest BCUT2D eigenvalue weighted by Crippen LogP contribution is 2.34. The maximum atomic E-state index is 13.9. The van der Waals surface area contributed by atoms with Gasteiger partial charge in [-0.25, -0.2) is 8.42 Å². The van der Waals surface area contributed by atoms with Gasteiger partial charge in [-0.2, -0.15) is 4.31 Å². The zero-order chi connectivity index (χ0) is 23.7. The molecule has 0 aromatic heterocycles. The largest absolute Gasteiger partial charge is 0.454 e. The summed E-state index contributed by atoms with van der Waals surface area (Å²) in [4.78, 5) is 16.0. The van der Waals surface area contributed by atoms with Crippen LogP contribution < -0.4 is 9.47 Å². The van der Waals surface area contributed by atoms with Crippen molar-refractivity contribution >= 4 is 15.9 Å². The maximum Gasteiger partial charge on any atom is 0.254 e. The Balaban J connectivity index is 1.45. The third kappa shape index (κ3) is 4.53. The third-order valence-electron chi connectivity index (χ3n) is 7.21. The van der Waals surface area contributed by atoms with Crippen molar-refractivity contribution in [2.24, 2.45) is 0 Å². The van der Waals surface area contributed by atoms with E-state index in [2.05, 4.69) is 0 Å². The Kier molecular flexibility index (Phi) is 6.53. The van der Waals surface area contributed by atoms with Crippen molar-refractivity contribution in [1.29, 1.82) is 0 Å². The standard InChI is InChI=1S/C26H32N2O5S/c1-19-9-11-22(34(30,31)27-13-5-2-6-14-27)16-23(19)26(29)28(21-7-3-4-8-21)17-20-10-12-24-25(15-20)33-18-32-24/h9-12,15-16,21H,2-8,13-14,17-18H2,1H3. The van der Waals surface area contributed by atoms with E-state index < -0.39 is 10.0 Å². The van der Waals surface area contributed by atoms with Crippen LogP contribution in [-0.2, 0) is 16.6 Å². The average Bonchev–Trinajstić information content (AvgIpc) is 3.55. The third-order valence-corrected chi connectivity index (χ3v) is 9.10. The van der Waals surface area contributed by atoms with Crippen molar-refractivity contribution in [2.45, 2.75) is 69.4 Å². The first kappa shape index (κ1) is 23.2. The molecule has 0 radical (unpaired) electrons. The van der Waals surface area contributed by atoms with E-state index in [1.54, 1.807) is 22.5 Å². The summed E-state index contributed by atoms with van der Waals surface area (Å²) in [7, 11) is -3.61. The fraction of sp³-hybridized carbons (Fsp3) is 0.500. The topological polar surface area (TPSA) is 76.2 Å². The molecule has 0 unspecified atom stereocenters. The fourth-order valence-electron chi connectivity index (χ4n) is 5.22. The van der Waals surface area contributed by atoms with Crippen molar-refractivity contribution in [2.75, 3.05) is 19.9 Å². The lowest BCUT2D eigenvalue weighted by molar-refractivity contribution is 0.0663. The number of nitrogens with zero attached hydrogens (tertiary/aromatic N) is 2. The first-order chi connectivity index (χ1) is 16.4. The highest BCUT2D eigenvalue weighted by Gasteiger charge is 2.31. The van der Waals surface area contributed by atoms with Crippen LogP contribution in [0.2, 0.25) is 0 Å². The van der Waals surface area contributed by atoms with Gasteiger partial charge in [0.2, 0.25) is 16.8 Å². The number of sulfonamides is 1. The van der Waals surface area contributed by atoms with Crippen molar-refractivity contribution in [3.05, 3.63) is 53.1 Å². The number of aryl methyl sites for hydroxylation is 1. The summed E-state index contributed by atoms with van der Waals surface area (Å²) in [5.74, 6) is 1.30. The van der Waals surface area contributed by atoms with Gasteiger partial charge in [0.05, 0.1) is 4.90 Å². The average molecular weight is 485 g/mol. The summed E-state index contributed by atoms with van der Waals surface area (Å²) >= 11 is 0. The first-order valence-corrected chi connectivity index (χ1v) is 13.7. The molecular weight excluding hydrogens is 452 g/mol. The van der Waals surface area contributed by atoms with Gasteiger partial charge in [-0.1, -0.05) is 31.4 Å². The molecule has 1 saturated heterocycles. The van der Waals surface area contributed by atoms with E-state index in [1.165, 1.54) is 0 Å². The fourth-order valence-corrected chi connectivity index (χ4v) is 6.76. The molecule has 7 nitrogen and oxygen atoms in total. The van der Waals surface area contributed by atoms with Crippen molar-refractivity contribution < 1.29 is 22.7 Å². The Bertz CT molecular complexity index is 1170. The van der Waals surface area contributed by atoms with Crippen LogP contribution in [0.4, 0.5) is 0 Å². The quantitative estimate of drug-likeness (QED) is 0.604. The number of piperidine rings is 1. The molecule has 5 rings (SSSR count). The summed E-state index contributed by atoms with van der Waals surface area (Å²) in [6.07, 6.45) is 6.92. The number of hydrogen-bond acceptors (Lipinski definition) is 5. The van der Waals surface area contributed by atoms with Gasteiger partial charge in [0.25, 0.3) is 5.91 Å². The van der Waals surface area contributed by atoms with E-state index in [-0.39, 0.29) is 23.6 Å². The van der Waals surface area contributed by atoms with Gasteiger partial charge >= 0.3 is 0 Å². The maximum absolute atomic E-state index is 13.9. The van der Waals surface area contributed by atoms with Crippen LogP contribution in [0.3, 0.4) is 0 Å². The van der Waals surface area contributed by atoms with Crippen LogP contribution in [0, 0.1) is 6.92 Å². The Morgan fingerprint density at radius 1 is 0.971 bits per heavy atom. The minimum atomic E-state index is -3.61. The predicted molar refractivity (Wildman–Crippen MR) is 128 cm³/mol. The second-order valence-electron chi connectivity index (χ2n) is 9.50. The molecule has 0 bridgehead atoms. The smallest absolute Gasteiger partial charge is 0.254 e. The van der Waals surface area contributed by atoms with Crippen LogP contribution in [0.1, 0.15) is 66.4 Å². The first-order valence-electron chi connectivity index (χ1n) is 12.2. The second-order valence-corrected chi connectivity index (χ2v) is 11.4. The zero-order valence-corrected chi connectivity index (χ0v) is 20.5. The lowest BCUT2D eigenvalue weighted by Crippen LogP contribution is -2.39. The molecule has 1 amide bonds. The monoisotopic (exact) mass is 484 g/mol. The molecule has 0 N–H and O–H groups in total. The molecule has 2 heterocycles. The summed E-state index contributed by atoms with van der Waals surface area (Å²) < 4.78 is 39.0. The normalized spacial score (nSPS) is 18.9. The van der Waals surface area contributed by atoms with E-state index in [1.807, 2.05) is 30.0 Å². The van der Waals surface area contributed by atoms with Crippen LogP contribution in [0.5, 0.6) is 11.5 Å². The Labute approximate surface area is 201 Å². The zero-order valence-electron chi connectivity index (χ0n) is 19.7. The number of ether oxygens (including phenoxy) is 2. The van der Waals surface area contributed by atoms with Gasteiger partial charge in [-0.15, -0.1) is 0 Å². The molecule has 182 valence electrons. The van der Waals surface area contributed by atoms with Crippen molar-refractivity contribution in [3.63, 3.8) is 0 Å². The molecule has 2 aliphatic heterocycles. The highest BCUT2D eigenvalue weighted by molar-refractivity contribution is 7.89. The molecular formula is C26H32N2O5S. The number of hydrogen-bond donors (Lipinski definition) is 0. The summed E-state index contributed by atoms with van der Waals surface area (Å²) in [5.41, 5.74) is 2.22. The number of fused-ring (bicyclic) bond motifs is 1. The molecule has 1 saturated carbocycles. The van der Waals surface area contributed by atoms with Crippen molar-refractivity contribution in [1.82, 2.24) is 9.21 Å². The minimum Gasteiger partial charge on any atom is -0.454 e. The molecule has 1 aliphatic carbocycles. The van der Waals surface area contributed by atoms with E-state index in [0.717, 1.165) is 56.1 Å². The lowest BCUT2D eigenvalue weighted by atomic mass is 10.0. The van der Waals surface area contributed by atoms with Crippen LogP contribution in [0.25, 0.3) is 0 Å². The second kappa shape index (κ2) is 9.58. The van der Waals surface area contributed by atoms with E-state index in [9.17, 15) is 13.2 Å². The Hall–Kier alpha value is -2.58. The number of carbonyl (C=O) groups excluding carboxylic acids is 1. The predicted octanol–water partition coefficient (Wildman–Crippen LogP) is 4.48. The summed E-state index contributed by atoms with van der Waals surface area (Å²) in [6.45, 7) is 3.61. The van der Waals surface area contributed by atoms with Gasteiger partial charge in [0.15, 0.2) is 11.5 Å². The number of benzene rings is 2. The van der Waals surface area contributed by atoms with E-state index in [4.69, 9.17) is 9.47 Å². The molecule has 2 aromatic rings. The van der Waals surface area contributed by atoms with Gasteiger partial charge in [0.1, 0.15) is 0 Å². The van der Waals surface area contributed by atoms with Gasteiger partial charge < -0.3 is 14.4 Å². The Morgan fingerprint density at radius 2 is 1.71 bits per heavy atom. The van der Waals surface area contributed by atoms with E-state index >= 15 is 0 Å². The van der Waals surface area contributed by atoms with Crippen LogP contribution in [0.15, 0.2) is 41.3 Å². The van der Waals surface area contributed by atoms with Crippen LogP contribution in [-0.4, -0.2) is 49.5 Å². The molecule has 8 heteroatoms. The molecule has 0 atom stereocenters. The lowest BCUT2D eigenvalue weighted by Gasteiger charge is -2.30. The Morgan fingerprint density at radius 3 is 2.47 bits per heavy atom. The molecule has 0 spiro atoms. The minimum absolute atomic E-state index is 0.113. The number of carbonyl (C=O) groups is 1. The van der Waals surface area contributed by atoms with E-state index in [0.29, 0.717) is 36.7 Å². The van der Waals surface area contributed by atoms with Crippen molar-refractivity contribution in [3.8, 4) is 11.5 Å². The SMILES string of the molecule is Cc1ccc(S(=O)(=O)N2CCCCC2)cc1C(=O)N(Cc1ccc2c(c1)OCO2)C1CCCC1. The molecule has 34 heavy (non-hydrogen) atoms. The van der Waals surface area contributed by atoms with Gasteiger partial charge in [-0.3, -0.25) is 4.79 Å².